The van der Waals surface area contributed by atoms with Gasteiger partial charge < -0.3 is 9.88 Å². The lowest BCUT2D eigenvalue weighted by Gasteiger charge is -2.28. The Morgan fingerprint density at radius 2 is 1.77 bits per heavy atom. The molecule has 2 aromatic carbocycles. The van der Waals surface area contributed by atoms with Crippen molar-refractivity contribution in [2.75, 3.05) is 6.54 Å². The predicted octanol–water partition coefficient (Wildman–Crippen LogP) is 3.58. The highest BCUT2D eigenvalue weighted by atomic mass is 19.4. The van der Waals surface area contributed by atoms with E-state index in [0.29, 0.717) is 36.5 Å². The van der Waals surface area contributed by atoms with Crippen molar-refractivity contribution in [3.8, 4) is 0 Å². The number of rotatable bonds is 3. The summed E-state index contributed by atoms with van der Waals surface area (Å²) in [6, 6.07) is 13.7. The number of amides is 1. The molecule has 1 aliphatic rings. The highest BCUT2D eigenvalue weighted by Gasteiger charge is 2.31. The van der Waals surface area contributed by atoms with Gasteiger partial charge in [-0.15, -0.1) is 0 Å². The minimum Gasteiger partial charge on any atom is -0.334 e. The first-order valence-corrected chi connectivity index (χ1v) is 9.42. The molecule has 3 aromatic rings. The Hall–Kier alpha value is -3.42. The summed E-state index contributed by atoms with van der Waals surface area (Å²) in [7, 11) is 0. The molecule has 0 aliphatic carbocycles. The molecule has 0 saturated heterocycles. The lowest BCUT2D eigenvalue weighted by atomic mass is 10.0. The highest BCUT2D eigenvalue weighted by molar-refractivity contribution is 5.94. The van der Waals surface area contributed by atoms with Crippen LogP contribution in [0.15, 0.2) is 59.4 Å². The first-order chi connectivity index (χ1) is 14.3. The number of nitrogens with zero attached hydrogens (tertiary/aromatic N) is 2. The zero-order chi connectivity index (χ0) is 21.3. The molecule has 1 amide bonds. The number of carbonyl (C=O) groups excluding carboxylic acids is 1. The Kier molecular flexibility index (Phi) is 5.15. The van der Waals surface area contributed by atoms with Crippen molar-refractivity contribution >= 4 is 5.91 Å². The van der Waals surface area contributed by atoms with Crippen molar-refractivity contribution in [2.45, 2.75) is 25.6 Å². The molecule has 8 heteroatoms. The first-order valence-electron chi connectivity index (χ1n) is 9.42. The molecule has 0 spiro atoms. The van der Waals surface area contributed by atoms with Crippen LogP contribution in [0, 0.1) is 0 Å². The monoisotopic (exact) mass is 413 g/mol. The molecule has 5 nitrogen and oxygen atoms in total. The van der Waals surface area contributed by atoms with Crippen molar-refractivity contribution in [3.05, 3.63) is 98.7 Å². The Morgan fingerprint density at radius 1 is 1.07 bits per heavy atom. The summed E-state index contributed by atoms with van der Waals surface area (Å²) in [6.45, 7) is 0.414. The van der Waals surface area contributed by atoms with E-state index in [2.05, 4.69) is 9.97 Å². The van der Waals surface area contributed by atoms with Crippen LogP contribution in [0.4, 0.5) is 13.2 Å². The predicted molar refractivity (Wildman–Crippen MR) is 104 cm³/mol. The van der Waals surface area contributed by atoms with Gasteiger partial charge in [0.1, 0.15) is 5.82 Å². The third-order valence-corrected chi connectivity index (χ3v) is 5.08. The first kappa shape index (κ1) is 19.9. The van der Waals surface area contributed by atoms with Crippen molar-refractivity contribution in [1.82, 2.24) is 14.9 Å². The number of halogens is 3. The summed E-state index contributed by atoms with van der Waals surface area (Å²) in [5.74, 6) is 0.148. The highest BCUT2D eigenvalue weighted by Crippen LogP contribution is 2.29. The van der Waals surface area contributed by atoms with E-state index >= 15 is 0 Å². The van der Waals surface area contributed by atoms with E-state index in [1.165, 1.54) is 4.90 Å². The van der Waals surface area contributed by atoms with Gasteiger partial charge in [-0.25, -0.2) is 4.98 Å². The van der Waals surface area contributed by atoms with Gasteiger partial charge in [0, 0.05) is 24.9 Å². The number of aromatic nitrogens is 2. The summed E-state index contributed by atoms with van der Waals surface area (Å²) in [6.07, 6.45) is -3.55. The van der Waals surface area contributed by atoms with E-state index in [4.69, 9.17) is 0 Å². The maximum Gasteiger partial charge on any atom is 0.416 e. The summed E-state index contributed by atoms with van der Waals surface area (Å²) in [5.41, 5.74) is 1.14. The van der Waals surface area contributed by atoms with Gasteiger partial charge in [-0.3, -0.25) is 9.59 Å². The minimum absolute atomic E-state index is 0.0726. The fourth-order valence-corrected chi connectivity index (χ4v) is 3.51. The average Bonchev–Trinajstić information content (AvgIpc) is 2.73. The Balaban J connectivity index is 1.52. The molecule has 0 bridgehead atoms. The third-order valence-electron chi connectivity index (χ3n) is 5.08. The van der Waals surface area contributed by atoms with E-state index in [9.17, 15) is 22.8 Å². The molecular weight excluding hydrogens is 395 g/mol. The number of alkyl halides is 3. The van der Waals surface area contributed by atoms with Crippen molar-refractivity contribution in [3.63, 3.8) is 0 Å². The molecule has 30 heavy (non-hydrogen) atoms. The number of carbonyl (C=O) groups is 1. The van der Waals surface area contributed by atoms with Crippen molar-refractivity contribution in [2.24, 2.45) is 0 Å². The maximum atomic E-state index is 12.7. The second kappa shape index (κ2) is 7.78. The van der Waals surface area contributed by atoms with Gasteiger partial charge in [0.15, 0.2) is 0 Å². The largest absolute Gasteiger partial charge is 0.416 e. The van der Waals surface area contributed by atoms with E-state index < -0.39 is 17.6 Å². The van der Waals surface area contributed by atoms with Crippen LogP contribution in [0.1, 0.15) is 38.6 Å². The van der Waals surface area contributed by atoms with Crippen LogP contribution in [-0.2, 0) is 25.6 Å². The Labute approximate surface area is 170 Å². The molecule has 1 aromatic heterocycles. The van der Waals surface area contributed by atoms with Crippen LogP contribution >= 0.6 is 0 Å². The van der Waals surface area contributed by atoms with E-state index in [0.717, 1.165) is 29.8 Å². The van der Waals surface area contributed by atoms with Crippen LogP contribution in [0.2, 0.25) is 0 Å². The van der Waals surface area contributed by atoms with E-state index in [-0.39, 0.29) is 17.7 Å². The maximum absolute atomic E-state index is 12.7. The molecular formula is C22H18F3N3O2. The standard InChI is InChI=1S/C22H18F3N3O2/c23-22(24,25)16-8-6-15(7-9-16)21(30)28-11-10-18-17(13-28)20(29)27-19(26-18)12-14-4-2-1-3-5-14/h1-9H,10-13H2,(H,26,27,29). The minimum atomic E-state index is -4.46. The number of aromatic amines is 1. The lowest BCUT2D eigenvalue weighted by Crippen LogP contribution is -2.39. The average molecular weight is 413 g/mol. The van der Waals surface area contributed by atoms with E-state index in [1.54, 1.807) is 0 Å². The van der Waals surface area contributed by atoms with Gasteiger partial charge >= 0.3 is 6.18 Å². The molecule has 154 valence electrons. The van der Waals surface area contributed by atoms with Gasteiger partial charge in [0.2, 0.25) is 0 Å². The molecule has 1 aliphatic heterocycles. The van der Waals surface area contributed by atoms with Gasteiger partial charge in [0.05, 0.1) is 23.4 Å². The van der Waals surface area contributed by atoms with Crippen LogP contribution in [0.25, 0.3) is 0 Å². The van der Waals surface area contributed by atoms with Crippen LogP contribution < -0.4 is 5.56 Å². The van der Waals surface area contributed by atoms with Crippen LogP contribution in [-0.4, -0.2) is 27.3 Å². The van der Waals surface area contributed by atoms with E-state index in [1.807, 2.05) is 30.3 Å². The Bertz CT molecular complexity index is 1120. The molecule has 0 atom stereocenters. The quantitative estimate of drug-likeness (QED) is 0.714. The smallest absolute Gasteiger partial charge is 0.334 e. The summed E-state index contributed by atoms with van der Waals surface area (Å²) in [5, 5.41) is 0. The topological polar surface area (TPSA) is 66.1 Å². The number of benzene rings is 2. The summed E-state index contributed by atoms with van der Waals surface area (Å²) < 4.78 is 38.1. The summed E-state index contributed by atoms with van der Waals surface area (Å²) in [4.78, 5) is 34.1. The number of hydrogen-bond donors (Lipinski definition) is 1. The lowest BCUT2D eigenvalue weighted by molar-refractivity contribution is -0.137. The number of fused-ring (bicyclic) bond motifs is 1. The zero-order valence-corrected chi connectivity index (χ0v) is 15.9. The number of H-pyrrole nitrogens is 1. The molecule has 0 unspecified atom stereocenters. The SMILES string of the molecule is O=C(c1ccc(C(F)(F)F)cc1)N1CCc2nc(Cc3ccccc3)[nH]c(=O)c2C1. The molecule has 0 radical (unpaired) electrons. The number of nitrogens with one attached hydrogen (secondary N) is 1. The van der Waals surface area contributed by atoms with Gasteiger partial charge in [-0.05, 0) is 29.8 Å². The molecule has 0 saturated carbocycles. The second-order valence-corrected chi connectivity index (χ2v) is 7.15. The fourth-order valence-electron chi connectivity index (χ4n) is 3.51. The van der Waals surface area contributed by atoms with Crippen molar-refractivity contribution in [1.29, 1.82) is 0 Å². The van der Waals surface area contributed by atoms with Gasteiger partial charge in [0.25, 0.3) is 11.5 Å². The normalized spacial score (nSPS) is 13.8. The number of hydrogen-bond acceptors (Lipinski definition) is 3. The zero-order valence-electron chi connectivity index (χ0n) is 15.9. The van der Waals surface area contributed by atoms with Gasteiger partial charge in [-0.1, -0.05) is 30.3 Å². The summed E-state index contributed by atoms with van der Waals surface area (Å²) >= 11 is 0. The third kappa shape index (κ3) is 4.12. The molecule has 2 heterocycles. The second-order valence-electron chi connectivity index (χ2n) is 7.15. The molecule has 0 fully saturated rings. The Morgan fingerprint density at radius 3 is 2.43 bits per heavy atom. The van der Waals surface area contributed by atoms with Gasteiger partial charge in [-0.2, -0.15) is 13.2 Å². The molecule has 1 N–H and O–H groups in total. The van der Waals surface area contributed by atoms with Crippen LogP contribution in [0.3, 0.4) is 0 Å². The fraction of sp³-hybridized carbons (Fsp3) is 0.227. The van der Waals surface area contributed by atoms with Crippen molar-refractivity contribution < 1.29 is 18.0 Å². The van der Waals surface area contributed by atoms with Crippen LogP contribution in [0.5, 0.6) is 0 Å². The molecule has 4 rings (SSSR count).